The van der Waals surface area contributed by atoms with Crippen LogP contribution in [-0.4, -0.2) is 42.1 Å². The summed E-state index contributed by atoms with van der Waals surface area (Å²) in [6.45, 7) is 11.2. The number of hydrogen-bond acceptors (Lipinski definition) is 6. The average molecular weight is 511 g/mol. The number of rotatable bonds is 10. The van der Waals surface area contributed by atoms with E-state index in [9.17, 15) is 19.5 Å². The predicted molar refractivity (Wildman–Crippen MR) is 134 cm³/mol. The summed E-state index contributed by atoms with van der Waals surface area (Å²) < 4.78 is 10.9. The van der Waals surface area contributed by atoms with Crippen LogP contribution < -0.4 is 0 Å². The van der Waals surface area contributed by atoms with Crippen LogP contribution in [0.5, 0.6) is 0 Å². The van der Waals surface area contributed by atoms with Crippen molar-refractivity contribution in [3.63, 3.8) is 0 Å². The summed E-state index contributed by atoms with van der Waals surface area (Å²) in [5.41, 5.74) is -1.71. The number of fused-ring (bicyclic) bond motifs is 2. The van der Waals surface area contributed by atoms with Gasteiger partial charge in [0.25, 0.3) is 0 Å². The van der Waals surface area contributed by atoms with E-state index in [1.54, 1.807) is 20.8 Å². The zero-order valence-electron chi connectivity index (χ0n) is 22.1. The first-order valence-electron chi connectivity index (χ1n) is 13.1. The number of carbonyl (C=O) groups is 3. The fraction of sp³-hybridized carbons (Fsp3) is 0.821. The van der Waals surface area contributed by atoms with E-state index in [-0.39, 0.29) is 41.6 Å². The number of esters is 2. The minimum atomic E-state index is -1.07. The molecule has 2 saturated carbocycles. The summed E-state index contributed by atoms with van der Waals surface area (Å²) in [6, 6.07) is 0. The van der Waals surface area contributed by atoms with Gasteiger partial charge in [-0.2, -0.15) is 0 Å². The fourth-order valence-electron chi connectivity index (χ4n) is 7.24. The molecule has 0 radical (unpaired) electrons. The van der Waals surface area contributed by atoms with E-state index in [0.717, 1.165) is 24.7 Å². The van der Waals surface area contributed by atoms with E-state index in [0.29, 0.717) is 25.7 Å². The van der Waals surface area contributed by atoms with Crippen LogP contribution in [0.15, 0.2) is 11.6 Å². The molecule has 7 heteroatoms. The number of unbranched alkanes of at least 4 members (excludes halogenated alkanes) is 1. The number of aliphatic hydroxyl groups excluding tert-OH is 1. The standard InChI is InChI=1S/C28H43ClO6/c1-17(2)21-11-19-13-27(15-31,22-12-23(29)18(3)20(22)9-7-8-10-30)28(21,14-19)25(33)35-16-34-24(32)26(4,5)6/h11,15,17-20,22-23,30H,7-10,12-14,16H2,1-6H3/t18?,19?,20?,22?,23?,27-,28+/m0/s1. The molecular weight excluding hydrogens is 468 g/mol. The highest BCUT2D eigenvalue weighted by Gasteiger charge is 2.72. The Bertz CT molecular complexity index is 845. The maximum atomic E-state index is 14.0. The number of aliphatic hydroxyl groups is 1. The number of alkyl halides is 1. The van der Waals surface area contributed by atoms with Crippen molar-refractivity contribution in [1.82, 2.24) is 0 Å². The number of aldehydes is 1. The van der Waals surface area contributed by atoms with Crippen molar-refractivity contribution in [1.29, 1.82) is 0 Å². The van der Waals surface area contributed by atoms with E-state index in [1.165, 1.54) is 0 Å². The summed E-state index contributed by atoms with van der Waals surface area (Å²) in [7, 11) is 0. The quantitative estimate of drug-likeness (QED) is 0.107. The molecule has 0 aromatic carbocycles. The van der Waals surface area contributed by atoms with Crippen molar-refractivity contribution in [2.75, 3.05) is 13.4 Å². The highest BCUT2D eigenvalue weighted by Crippen LogP contribution is 2.71. The van der Waals surface area contributed by atoms with Crippen molar-refractivity contribution in [2.24, 2.45) is 45.8 Å². The summed E-state index contributed by atoms with van der Waals surface area (Å²) in [5, 5.41) is 9.25. The van der Waals surface area contributed by atoms with E-state index >= 15 is 0 Å². The molecule has 0 aromatic heterocycles. The van der Waals surface area contributed by atoms with Crippen LogP contribution in [0.2, 0.25) is 0 Å². The van der Waals surface area contributed by atoms with Crippen LogP contribution >= 0.6 is 11.6 Å². The Balaban J connectivity index is 1.97. The summed E-state index contributed by atoms with van der Waals surface area (Å²) in [6.07, 6.45) is 7.48. The van der Waals surface area contributed by atoms with E-state index in [4.69, 9.17) is 21.1 Å². The van der Waals surface area contributed by atoms with Gasteiger partial charge in [-0.05, 0) is 82.5 Å². The molecular formula is C28H43ClO6. The van der Waals surface area contributed by atoms with Gasteiger partial charge in [-0.25, -0.2) is 0 Å². The first kappa shape index (κ1) is 28.2. The van der Waals surface area contributed by atoms with Gasteiger partial charge in [0.2, 0.25) is 6.79 Å². The van der Waals surface area contributed by atoms with Gasteiger partial charge in [0, 0.05) is 17.4 Å². The second kappa shape index (κ2) is 10.5. The van der Waals surface area contributed by atoms with Crippen molar-refractivity contribution in [3.05, 3.63) is 11.6 Å². The van der Waals surface area contributed by atoms with Gasteiger partial charge in [0.05, 0.1) is 5.41 Å². The van der Waals surface area contributed by atoms with Gasteiger partial charge in [-0.15, -0.1) is 11.6 Å². The lowest BCUT2D eigenvalue weighted by Gasteiger charge is -2.49. The molecule has 0 aromatic rings. The molecule has 5 unspecified atom stereocenters. The largest absolute Gasteiger partial charge is 0.427 e. The monoisotopic (exact) mass is 510 g/mol. The number of allylic oxidation sites excluding steroid dienone is 1. The zero-order chi connectivity index (χ0) is 26.2. The Morgan fingerprint density at radius 1 is 1.23 bits per heavy atom. The third kappa shape index (κ3) is 4.82. The molecule has 3 aliphatic rings. The molecule has 1 N–H and O–H groups in total. The predicted octanol–water partition coefficient (Wildman–Crippen LogP) is 5.30. The SMILES string of the molecule is CC(C)C1=CC2C[C@@]1(C(=O)OCOC(=O)C(C)(C)C)[C@@](C=O)(C1CC(Cl)C(C)C1CCCCO)C2. The number of hydrogen-bond donors (Lipinski definition) is 1. The van der Waals surface area contributed by atoms with Gasteiger partial charge >= 0.3 is 11.9 Å². The lowest BCUT2D eigenvalue weighted by Crippen LogP contribution is -2.53. The Labute approximate surface area is 215 Å². The molecule has 198 valence electrons. The number of ether oxygens (including phenoxy) is 2. The Hall–Kier alpha value is -1.40. The molecule has 3 rings (SSSR count). The van der Waals surface area contributed by atoms with Crippen molar-refractivity contribution < 1.29 is 29.0 Å². The molecule has 3 aliphatic carbocycles. The highest BCUT2D eigenvalue weighted by atomic mass is 35.5. The van der Waals surface area contributed by atoms with Crippen LogP contribution in [0.25, 0.3) is 0 Å². The molecule has 0 heterocycles. The molecule has 0 spiro atoms. The van der Waals surface area contributed by atoms with Crippen molar-refractivity contribution in [3.8, 4) is 0 Å². The Kier molecular flexibility index (Phi) is 8.48. The van der Waals surface area contributed by atoms with Crippen LogP contribution in [0.4, 0.5) is 0 Å². The molecule has 35 heavy (non-hydrogen) atoms. The van der Waals surface area contributed by atoms with Crippen LogP contribution in [0.3, 0.4) is 0 Å². The maximum absolute atomic E-state index is 14.0. The van der Waals surface area contributed by atoms with Crippen LogP contribution in [-0.2, 0) is 23.9 Å². The van der Waals surface area contributed by atoms with E-state index in [1.807, 2.05) is 0 Å². The first-order chi connectivity index (χ1) is 16.4. The normalized spacial score (nSPS) is 36.4. The highest BCUT2D eigenvalue weighted by molar-refractivity contribution is 6.21. The summed E-state index contributed by atoms with van der Waals surface area (Å²) >= 11 is 6.80. The van der Waals surface area contributed by atoms with Crippen LogP contribution in [0.1, 0.15) is 80.1 Å². The first-order valence-corrected chi connectivity index (χ1v) is 13.6. The third-order valence-electron chi connectivity index (χ3n) is 8.89. The van der Waals surface area contributed by atoms with Crippen LogP contribution in [0, 0.1) is 45.8 Å². The minimum Gasteiger partial charge on any atom is -0.427 e. The molecule has 0 amide bonds. The summed E-state index contributed by atoms with van der Waals surface area (Å²) in [5.74, 6) is -0.362. The molecule has 7 atom stereocenters. The van der Waals surface area contributed by atoms with Gasteiger partial charge in [-0.3, -0.25) is 9.59 Å². The molecule has 2 bridgehead atoms. The Morgan fingerprint density at radius 3 is 2.49 bits per heavy atom. The lowest BCUT2D eigenvalue weighted by atomic mass is 9.52. The lowest BCUT2D eigenvalue weighted by molar-refractivity contribution is -0.184. The molecule has 2 fully saturated rings. The molecule has 0 saturated heterocycles. The van der Waals surface area contributed by atoms with Gasteiger partial charge < -0.3 is 19.4 Å². The van der Waals surface area contributed by atoms with Crippen molar-refractivity contribution >= 4 is 29.8 Å². The topological polar surface area (TPSA) is 89.9 Å². The van der Waals surface area contributed by atoms with Crippen molar-refractivity contribution in [2.45, 2.75) is 85.4 Å². The van der Waals surface area contributed by atoms with Gasteiger partial charge in [-0.1, -0.05) is 38.8 Å². The maximum Gasteiger partial charge on any atom is 0.320 e. The minimum absolute atomic E-state index is 0.0479. The van der Waals surface area contributed by atoms with E-state index in [2.05, 4.69) is 26.8 Å². The molecule has 6 nitrogen and oxygen atoms in total. The second-order valence-corrected chi connectivity index (χ2v) is 12.9. The Morgan fingerprint density at radius 2 is 1.91 bits per heavy atom. The van der Waals surface area contributed by atoms with Gasteiger partial charge in [0.15, 0.2) is 0 Å². The average Bonchev–Trinajstić information content (AvgIpc) is 3.43. The van der Waals surface area contributed by atoms with E-state index < -0.39 is 35.0 Å². The number of halogens is 1. The third-order valence-corrected chi connectivity index (χ3v) is 9.47. The smallest absolute Gasteiger partial charge is 0.320 e. The molecule has 0 aliphatic heterocycles. The zero-order valence-corrected chi connectivity index (χ0v) is 22.9. The second-order valence-electron chi connectivity index (χ2n) is 12.3. The number of carbonyl (C=O) groups excluding carboxylic acids is 3. The van der Waals surface area contributed by atoms with Gasteiger partial charge in [0.1, 0.15) is 11.7 Å². The summed E-state index contributed by atoms with van der Waals surface area (Å²) in [4.78, 5) is 39.4. The fourth-order valence-corrected chi connectivity index (χ4v) is 7.61.